The Balaban J connectivity index is 1.61. The molecule has 0 unspecified atom stereocenters. The van der Waals surface area contributed by atoms with E-state index in [0.717, 1.165) is 5.56 Å². The molecule has 7 heteroatoms. The molecule has 2 aromatic rings. The molecule has 2 heterocycles. The average Bonchev–Trinajstić information content (AvgIpc) is 2.63. The number of nitrogens with zero attached hydrogens (tertiary/aromatic N) is 3. The van der Waals surface area contributed by atoms with Crippen LogP contribution in [0.15, 0.2) is 42.6 Å². The van der Waals surface area contributed by atoms with Crippen molar-refractivity contribution >= 4 is 23.3 Å². The average molecular weight is 339 g/mol. The molecule has 0 spiro atoms. The predicted molar refractivity (Wildman–Crippen MR) is 96.1 cm³/mol. The van der Waals surface area contributed by atoms with Gasteiger partial charge in [0.05, 0.1) is 12.0 Å². The highest BCUT2D eigenvalue weighted by molar-refractivity contribution is 5.97. The van der Waals surface area contributed by atoms with Gasteiger partial charge >= 0.3 is 0 Å². The number of anilines is 2. The molecule has 1 aromatic heterocycles. The number of carbonyl (C=O) groups excluding carboxylic acids is 2. The van der Waals surface area contributed by atoms with Crippen LogP contribution in [-0.2, 0) is 11.2 Å². The van der Waals surface area contributed by atoms with Crippen molar-refractivity contribution in [1.29, 1.82) is 0 Å². The smallest absolute Gasteiger partial charge is 0.252 e. The van der Waals surface area contributed by atoms with Crippen LogP contribution in [0.4, 0.5) is 11.5 Å². The summed E-state index contributed by atoms with van der Waals surface area (Å²) in [6.07, 6.45) is 2.00. The standard InChI is InChI=1S/C18H21N5O2/c19-14-5-3-13(4-6-14)12-16(24)22-8-10-23(11-9-22)18-15(17(20)25)2-1-7-21-18/h1-7H,8-12,19H2,(H2,20,25). The van der Waals surface area contributed by atoms with Gasteiger partial charge in [0.1, 0.15) is 5.82 Å². The molecule has 0 bridgehead atoms. The molecule has 0 aliphatic carbocycles. The van der Waals surface area contributed by atoms with E-state index in [1.807, 2.05) is 21.9 Å². The molecule has 0 atom stereocenters. The number of amides is 2. The molecule has 25 heavy (non-hydrogen) atoms. The normalized spacial score (nSPS) is 14.4. The number of nitrogens with two attached hydrogens (primary N) is 2. The first-order valence-electron chi connectivity index (χ1n) is 8.16. The molecular formula is C18H21N5O2. The van der Waals surface area contributed by atoms with Crippen LogP contribution in [0.1, 0.15) is 15.9 Å². The van der Waals surface area contributed by atoms with E-state index in [1.54, 1.807) is 30.5 Å². The number of hydrogen-bond acceptors (Lipinski definition) is 5. The van der Waals surface area contributed by atoms with Gasteiger partial charge in [-0.2, -0.15) is 0 Å². The maximum Gasteiger partial charge on any atom is 0.252 e. The van der Waals surface area contributed by atoms with Gasteiger partial charge in [-0.1, -0.05) is 12.1 Å². The molecule has 3 rings (SSSR count). The highest BCUT2D eigenvalue weighted by atomic mass is 16.2. The molecule has 2 amide bonds. The van der Waals surface area contributed by atoms with Gasteiger partial charge in [-0.05, 0) is 29.8 Å². The van der Waals surface area contributed by atoms with Crippen LogP contribution in [0.2, 0.25) is 0 Å². The van der Waals surface area contributed by atoms with E-state index in [0.29, 0.717) is 49.7 Å². The maximum absolute atomic E-state index is 12.5. The van der Waals surface area contributed by atoms with E-state index < -0.39 is 5.91 Å². The van der Waals surface area contributed by atoms with Crippen LogP contribution < -0.4 is 16.4 Å². The third kappa shape index (κ3) is 3.88. The molecular weight excluding hydrogens is 318 g/mol. The fraction of sp³-hybridized carbons (Fsp3) is 0.278. The number of aromatic nitrogens is 1. The minimum Gasteiger partial charge on any atom is -0.399 e. The maximum atomic E-state index is 12.5. The summed E-state index contributed by atoms with van der Waals surface area (Å²) < 4.78 is 0. The molecule has 1 aliphatic rings. The molecule has 1 aliphatic heterocycles. The van der Waals surface area contributed by atoms with Crippen molar-refractivity contribution in [3.63, 3.8) is 0 Å². The van der Waals surface area contributed by atoms with Gasteiger partial charge in [-0.25, -0.2) is 4.98 Å². The third-order valence-corrected chi connectivity index (χ3v) is 4.32. The minimum absolute atomic E-state index is 0.0839. The summed E-state index contributed by atoms with van der Waals surface area (Å²) in [6.45, 7) is 2.40. The van der Waals surface area contributed by atoms with Crippen molar-refractivity contribution in [2.24, 2.45) is 5.73 Å². The van der Waals surface area contributed by atoms with Gasteiger partial charge in [-0.3, -0.25) is 9.59 Å². The molecule has 0 radical (unpaired) electrons. The van der Waals surface area contributed by atoms with Crippen molar-refractivity contribution < 1.29 is 9.59 Å². The molecule has 1 fully saturated rings. The number of primary amides is 1. The topological polar surface area (TPSA) is 106 Å². The zero-order valence-electron chi connectivity index (χ0n) is 13.9. The molecule has 0 saturated carbocycles. The van der Waals surface area contributed by atoms with Crippen molar-refractivity contribution in [2.45, 2.75) is 6.42 Å². The molecule has 4 N–H and O–H groups in total. The van der Waals surface area contributed by atoms with Gasteiger partial charge in [0.25, 0.3) is 5.91 Å². The summed E-state index contributed by atoms with van der Waals surface area (Å²) in [5.74, 6) is 0.172. The highest BCUT2D eigenvalue weighted by Gasteiger charge is 2.24. The fourth-order valence-electron chi connectivity index (χ4n) is 2.93. The Morgan fingerprint density at radius 3 is 2.36 bits per heavy atom. The van der Waals surface area contributed by atoms with Gasteiger partial charge < -0.3 is 21.3 Å². The van der Waals surface area contributed by atoms with Crippen LogP contribution in [0, 0.1) is 0 Å². The molecule has 130 valence electrons. The second-order valence-electron chi connectivity index (χ2n) is 6.03. The van der Waals surface area contributed by atoms with Crippen molar-refractivity contribution in [1.82, 2.24) is 9.88 Å². The second-order valence-corrected chi connectivity index (χ2v) is 6.03. The summed E-state index contributed by atoms with van der Waals surface area (Å²) in [5, 5.41) is 0. The van der Waals surface area contributed by atoms with Gasteiger partial charge in [0, 0.05) is 38.1 Å². The third-order valence-electron chi connectivity index (χ3n) is 4.32. The van der Waals surface area contributed by atoms with E-state index in [-0.39, 0.29) is 5.91 Å². The van der Waals surface area contributed by atoms with Gasteiger partial charge in [0.15, 0.2) is 0 Å². The number of nitrogen functional groups attached to an aromatic ring is 1. The summed E-state index contributed by atoms with van der Waals surface area (Å²) >= 11 is 0. The second kappa shape index (κ2) is 7.21. The molecule has 1 aromatic carbocycles. The summed E-state index contributed by atoms with van der Waals surface area (Å²) in [7, 11) is 0. The van der Waals surface area contributed by atoms with E-state index >= 15 is 0 Å². The highest BCUT2D eigenvalue weighted by Crippen LogP contribution is 2.19. The number of piperazine rings is 1. The fourth-order valence-corrected chi connectivity index (χ4v) is 2.93. The number of pyridine rings is 1. The van der Waals surface area contributed by atoms with Crippen LogP contribution >= 0.6 is 0 Å². The Bertz CT molecular complexity index is 767. The van der Waals surface area contributed by atoms with Crippen LogP contribution in [0.3, 0.4) is 0 Å². The van der Waals surface area contributed by atoms with Gasteiger partial charge in [-0.15, -0.1) is 0 Å². The quantitative estimate of drug-likeness (QED) is 0.796. The number of hydrogen-bond donors (Lipinski definition) is 2. The summed E-state index contributed by atoms with van der Waals surface area (Å²) in [5.41, 5.74) is 13.1. The first kappa shape index (κ1) is 16.8. The lowest BCUT2D eigenvalue weighted by atomic mass is 10.1. The lowest BCUT2D eigenvalue weighted by Gasteiger charge is -2.36. The first-order valence-corrected chi connectivity index (χ1v) is 8.16. The Morgan fingerprint density at radius 1 is 1.04 bits per heavy atom. The zero-order chi connectivity index (χ0) is 17.8. The van der Waals surface area contributed by atoms with Crippen LogP contribution in [0.25, 0.3) is 0 Å². The first-order chi connectivity index (χ1) is 12.0. The van der Waals surface area contributed by atoms with E-state index in [1.165, 1.54) is 0 Å². The minimum atomic E-state index is -0.495. The van der Waals surface area contributed by atoms with Crippen molar-refractivity contribution in [3.8, 4) is 0 Å². The van der Waals surface area contributed by atoms with E-state index in [9.17, 15) is 9.59 Å². The summed E-state index contributed by atoms with van der Waals surface area (Å²) in [4.78, 5) is 32.1. The van der Waals surface area contributed by atoms with Gasteiger partial charge in [0.2, 0.25) is 5.91 Å². The van der Waals surface area contributed by atoms with Crippen molar-refractivity contribution in [2.75, 3.05) is 36.8 Å². The van der Waals surface area contributed by atoms with Crippen LogP contribution in [-0.4, -0.2) is 47.9 Å². The largest absolute Gasteiger partial charge is 0.399 e. The lowest BCUT2D eigenvalue weighted by molar-refractivity contribution is -0.130. The number of benzene rings is 1. The lowest BCUT2D eigenvalue weighted by Crippen LogP contribution is -2.49. The predicted octanol–water partition coefficient (Wildman–Crippen LogP) is 0.654. The Kier molecular flexibility index (Phi) is 4.83. The monoisotopic (exact) mass is 339 g/mol. The van der Waals surface area contributed by atoms with Crippen molar-refractivity contribution in [3.05, 3.63) is 53.7 Å². The number of carbonyl (C=O) groups is 2. The SMILES string of the molecule is NC(=O)c1cccnc1N1CCN(C(=O)Cc2ccc(N)cc2)CC1. The molecule has 1 saturated heterocycles. The Morgan fingerprint density at radius 2 is 1.72 bits per heavy atom. The Labute approximate surface area is 146 Å². The Hall–Kier alpha value is -3.09. The van der Waals surface area contributed by atoms with E-state index in [2.05, 4.69) is 4.98 Å². The number of rotatable bonds is 4. The zero-order valence-corrected chi connectivity index (χ0v) is 13.9. The summed E-state index contributed by atoms with van der Waals surface area (Å²) in [6, 6.07) is 10.7. The van der Waals surface area contributed by atoms with E-state index in [4.69, 9.17) is 11.5 Å². The van der Waals surface area contributed by atoms with Crippen LogP contribution in [0.5, 0.6) is 0 Å². The molecule has 7 nitrogen and oxygen atoms in total.